The Hall–Kier alpha value is -2.41. The fourth-order valence-corrected chi connectivity index (χ4v) is 2.58. The molecule has 0 aromatic heterocycles. The molecule has 0 aliphatic carbocycles. The van der Waals surface area contributed by atoms with Gasteiger partial charge in [-0.05, 0) is 24.1 Å². The van der Waals surface area contributed by atoms with E-state index in [2.05, 4.69) is 10.6 Å². The van der Waals surface area contributed by atoms with E-state index in [1.165, 1.54) is 23.1 Å². The Bertz CT molecular complexity index is 718. The summed E-state index contributed by atoms with van der Waals surface area (Å²) < 4.78 is 0. The summed E-state index contributed by atoms with van der Waals surface area (Å²) in [6.45, 7) is 4.66. The lowest BCUT2D eigenvalue weighted by molar-refractivity contribution is -0.118. The van der Waals surface area contributed by atoms with Crippen molar-refractivity contribution in [2.75, 3.05) is 25.5 Å². The van der Waals surface area contributed by atoms with E-state index in [-0.39, 0.29) is 59.6 Å². The topological polar surface area (TPSA) is 95.6 Å². The van der Waals surface area contributed by atoms with Gasteiger partial charge in [-0.1, -0.05) is 13.8 Å². The molecular weight excluding hydrogens is 346 g/mol. The molecule has 0 atom stereocenters. The molecule has 0 bridgehead atoms. The molecule has 1 aromatic rings. The maximum absolute atomic E-state index is 12.4. The molecule has 1 aliphatic heterocycles. The van der Waals surface area contributed by atoms with E-state index in [1.807, 2.05) is 13.8 Å². The van der Waals surface area contributed by atoms with Crippen molar-refractivity contribution in [1.29, 1.82) is 0 Å². The van der Waals surface area contributed by atoms with Crippen molar-refractivity contribution in [1.82, 2.24) is 15.5 Å². The molecule has 2 N–H and O–H groups in total. The normalized spacial score (nSPS) is 13.2. The molecule has 134 valence electrons. The molecule has 0 saturated carbocycles. The van der Waals surface area contributed by atoms with E-state index in [0.29, 0.717) is 12.1 Å². The van der Waals surface area contributed by atoms with Crippen LogP contribution >= 0.6 is 11.6 Å². The molecule has 25 heavy (non-hydrogen) atoms. The summed E-state index contributed by atoms with van der Waals surface area (Å²) in [6.07, 6.45) is 0. The van der Waals surface area contributed by atoms with Crippen molar-refractivity contribution in [3.8, 4) is 0 Å². The molecule has 8 heteroatoms. The van der Waals surface area contributed by atoms with Crippen molar-refractivity contribution >= 4 is 35.2 Å². The molecule has 4 amide bonds. The average Bonchev–Trinajstić information content (AvgIpc) is 2.82. The second-order valence-electron chi connectivity index (χ2n) is 6.11. The van der Waals surface area contributed by atoms with E-state index >= 15 is 0 Å². The molecule has 1 aromatic carbocycles. The lowest BCUT2D eigenvalue weighted by Gasteiger charge is -2.15. The summed E-state index contributed by atoms with van der Waals surface area (Å²) in [5, 5.41) is 5.16. The van der Waals surface area contributed by atoms with Crippen LogP contribution in [-0.4, -0.2) is 54.0 Å². The fourth-order valence-electron chi connectivity index (χ4n) is 2.49. The second kappa shape index (κ2) is 8.11. The minimum absolute atomic E-state index is 0.137. The van der Waals surface area contributed by atoms with E-state index in [4.69, 9.17) is 11.6 Å². The molecule has 0 radical (unpaired) electrons. The number of benzene rings is 1. The second-order valence-corrected chi connectivity index (χ2v) is 6.38. The summed E-state index contributed by atoms with van der Waals surface area (Å²) in [6, 6.07) is 4.44. The van der Waals surface area contributed by atoms with Crippen LogP contribution < -0.4 is 10.6 Å². The fraction of sp³-hybridized carbons (Fsp3) is 0.412. The van der Waals surface area contributed by atoms with Gasteiger partial charge in [0.25, 0.3) is 17.7 Å². The highest BCUT2D eigenvalue weighted by molar-refractivity contribution is 6.27. The van der Waals surface area contributed by atoms with Crippen molar-refractivity contribution in [3.05, 3.63) is 34.9 Å². The maximum Gasteiger partial charge on any atom is 0.261 e. The molecular formula is C17H20ClN3O4. The van der Waals surface area contributed by atoms with E-state index in [0.717, 1.165) is 0 Å². The minimum Gasteiger partial charge on any atom is -0.353 e. The quantitative estimate of drug-likeness (QED) is 0.428. The van der Waals surface area contributed by atoms with Crippen LogP contribution in [0.2, 0.25) is 0 Å². The average molecular weight is 366 g/mol. The predicted octanol–water partition coefficient (Wildman–Crippen LogP) is 1.02. The van der Waals surface area contributed by atoms with Gasteiger partial charge in [-0.2, -0.15) is 0 Å². The van der Waals surface area contributed by atoms with Crippen LogP contribution in [0.4, 0.5) is 0 Å². The molecule has 0 fully saturated rings. The van der Waals surface area contributed by atoms with Gasteiger partial charge < -0.3 is 10.6 Å². The van der Waals surface area contributed by atoms with Gasteiger partial charge in [0.1, 0.15) is 5.88 Å². The van der Waals surface area contributed by atoms with Gasteiger partial charge in [0.15, 0.2) is 0 Å². The molecule has 2 rings (SSSR count). The summed E-state index contributed by atoms with van der Waals surface area (Å²) in [5.74, 6) is -1.38. The SMILES string of the molecule is CC(C)CN1C(=O)c2ccc(C(=O)NCCNC(=O)CCl)cc2C1=O. The van der Waals surface area contributed by atoms with Gasteiger partial charge in [0.2, 0.25) is 5.91 Å². The monoisotopic (exact) mass is 365 g/mol. The Morgan fingerprint density at radius 3 is 2.36 bits per heavy atom. The third kappa shape index (κ3) is 4.36. The minimum atomic E-state index is -0.384. The smallest absolute Gasteiger partial charge is 0.261 e. The Balaban J connectivity index is 2.03. The number of amides is 4. The van der Waals surface area contributed by atoms with Crippen LogP contribution in [0.25, 0.3) is 0 Å². The van der Waals surface area contributed by atoms with Gasteiger partial charge in [0, 0.05) is 25.2 Å². The first kappa shape index (κ1) is 18.9. The highest BCUT2D eigenvalue weighted by Crippen LogP contribution is 2.24. The Kier molecular flexibility index (Phi) is 6.14. The van der Waals surface area contributed by atoms with Crippen LogP contribution in [0.15, 0.2) is 18.2 Å². The maximum atomic E-state index is 12.4. The zero-order chi connectivity index (χ0) is 18.6. The zero-order valence-corrected chi connectivity index (χ0v) is 14.9. The first-order valence-corrected chi connectivity index (χ1v) is 8.49. The third-order valence-electron chi connectivity index (χ3n) is 3.63. The number of nitrogens with one attached hydrogen (secondary N) is 2. The first-order valence-electron chi connectivity index (χ1n) is 7.96. The number of imide groups is 1. The molecule has 0 saturated heterocycles. The molecule has 1 heterocycles. The van der Waals surface area contributed by atoms with Crippen molar-refractivity contribution in [2.24, 2.45) is 5.92 Å². The third-order valence-corrected chi connectivity index (χ3v) is 3.88. The highest BCUT2D eigenvalue weighted by atomic mass is 35.5. The van der Waals surface area contributed by atoms with Crippen molar-refractivity contribution in [3.63, 3.8) is 0 Å². The van der Waals surface area contributed by atoms with Gasteiger partial charge in [-0.3, -0.25) is 24.1 Å². The Morgan fingerprint density at radius 2 is 1.72 bits per heavy atom. The number of alkyl halides is 1. The van der Waals surface area contributed by atoms with Crippen LogP contribution in [0.1, 0.15) is 44.9 Å². The number of nitrogens with zero attached hydrogens (tertiary/aromatic N) is 1. The van der Waals surface area contributed by atoms with E-state index in [9.17, 15) is 19.2 Å². The van der Waals surface area contributed by atoms with Crippen LogP contribution in [0, 0.1) is 5.92 Å². The summed E-state index contributed by atoms with van der Waals surface area (Å²) in [4.78, 5) is 49.0. The predicted molar refractivity (Wildman–Crippen MR) is 92.7 cm³/mol. The Morgan fingerprint density at radius 1 is 1.08 bits per heavy atom. The summed E-state index contributed by atoms with van der Waals surface area (Å²) >= 11 is 5.35. The van der Waals surface area contributed by atoms with Crippen LogP contribution in [-0.2, 0) is 4.79 Å². The first-order chi connectivity index (χ1) is 11.8. The summed E-state index contributed by atoms with van der Waals surface area (Å²) in [5.41, 5.74) is 0.847. The van der Waals surface area contributed by atoms with E-state index < -0.39 is 0 Å². The number of carbonyl (C=O) groups is 4. The molecule has 0 spiro atoms. The number of halogens is 1. The number of hydrogen-bond acceptors (Lipinski definition) is 4. The lowest BCUT2D eigenvalue weighted by atomic mass is 10.1. The van der Waals surface area contributed by atoms with Gasteiger partial charge in [-0.15, -0.1) is 11.6 Å². The van der Waals surface area contributed by atoms with Crippen molar-refractivity contribution < 1.29 is 19.2 Å². The van der Waals surface area contributed by atoms with Gasteiger partial charge in [0.05, 0.1) is 11.1 Å². The standard InChI is InChI=1S/C17H20ClN3O4/c1-10(2)9-21-16(24)12-4-3-11(7-13(12)17(21)25)15(23)20-6-5-19-14(22)8-18/h3-4,7,10H,5-6,8-9H2,1-2H3,(H,19,22)(H,20,23). The number of hydrogen-bond donors (Lipinski definition) is 2. The summed E-state index contributed by atoms with van der Waals surface area (Å²) in [7, 11) is 0. The Labute approximate surface area is 150 Å². The number of carbonyl (C=O) groups excluding carboxylic acids is 4. The van der Waals surface area contributed by atoms with Gasteiger partial charge >= 0.3 is 0 Å². The zero-order valence-electron chi connectivity index (χ0n) is 14.1. The lowest BCUT2D eigenvalue weighted by Crippen LogP contribution is -2.35. The molecule has 7 nitrogen and oxygen atoms in total. The van der Waals surface area contributed by atoms with Crippen LogP contribution in [0.5, 0.6) is 0 Å². The van der Waals surface area contributed by atoms with E-state index in [1.54, 1.807) is 0 Å². The largest absolute Gasteiger partial charge is 0.353 e. The number of fused-ring (bicyclic) bond motifs is 1. The van der Waals surface area contributed by atoms with Crippen molar-refractivity contribution in [2.45, 2.75) is 13.8 Å². The van der Waals surface area contributed by atoms with Crippen LogP contribution in [0.3, 0.4) is 0 Å². The van der Waals surface area contributed by atoms with Gasteiger partial charge in [-0.25, -0.2) is 0 Å². The molecule has 1 aliphatic rings. The highest BCUT2D eigenvalue weighted by Gasteiger charge is 2.36. The number of rotatable bonds is 7. The molecule has 0 unspecified atom stereocenters.